The topological polar surface area (TPSA) is 131 Å². The number of methoxy groups -OCH3 is 1. The molecule has 3 aromatic carbocycles. The van der Waals surface area contributed by atoms with E-state index in [0.29, 0.717) is 29.9 Å². The van der Waals surface area contributed by atoms with Gasteiger partial charge in [-0.1, -0.05) is 36.4 Å². The lowest BCUT2D eigenvalue weighted by molar-refractivity contribution is -0.139. The summed E-state index contributed by atoms with van der Waals surface area (Å²) >= 11 is 0. The van der Waals surface area contributed by atoms with Crippen LogP contribution in [0.1, 0.15) is 16.7 Å². The summed E-state index contributed by atoms with van der Waals surface area (Å²) in [6, 6.07) is 18.2. The number of nitrogens with zero attached hydrogens (tertiary/aromatic N) is 1. The molecule has 0 unspecified atom stereocenters. The summed E-state index contributed by atoms with van der Waals surface area (Å²) in [7, 11) is 1.38. The van der Waals surface area contributed by atoms with Crippen LogP contribution >= 0.6 is 0 Å². The monoisotopic (exact) mass is 542 g/mol. The van der Waals surface area contributed by atoms with Crippen LogP contribution in [0, 0.1) is 0 Å². The van der Waals surface area contributed by atoms with Gasteiger partial charge in [-0.3, -0.25) is 14.9 Å². The van der Waals surface area contributed by atoms with Gasteiger partial charge in [0.2, 0.25) is 0 Å². The number of benzene rings is 3. The molecule has 4 amide bonds. The number of nitrogens with one attached hydrogen (secondary N) is 1. The molecule has 0 aliphatic carbocycles. The highest BCUT2D eigenvalue weighted by Crippen LogP contribution is 2.35. The van der Waals surface area contributed by atoms with E-state index >= 15 is 0 Å². The van der Waals surface area contributed by atoms with Crippen LogP contribution < -0.4 is 24.4 Å². The highest BCUT2D eigenvalue weighted by molar-refractivity contribution is 6.39. The van der Waals surface area contributed by atoms with Crippen molar-refractivity contribution < 1.29 is 38.5 Å². The van der Waals surface area contributed by atoms with Gasteiger partial charge in [-0.15, -0.1) is 6.58 Å². The number of carboxylic acids is 1. The van der Waals surface area contributed by atoms with Gasteiger partial charge in [0, 0.05) is 5.56 Å². The Morgan fingerprint density at radius 1 is 1.02 bits per heavy atom. The molecule has 0 bridgehead atoms. The number of anilines is 1. The fraction of sp³-hybridized carbons (Fsp3) is 0.133. The third-order valence-electron chi connectivity index (χ3n) is 5.83. The molecular formula is C30H26N2O8. The van der Waals surface area contributed by atoms with E-state index in [-0.39, 0.29) is 22.8 Å². The molecule has 2 N–H and O–H groups in total. The number of hydrogen-bond acceptors (Lipinski definition) is 7. The molecule has 1 fully saturated rings. The molecule has 0 aromatic heterocycles. The molecule has 4 rings (SSSR count). The van der Waals surface area contributed by atoms with E-state index in [1.54, 1.807) is 36.4 Å². The standard InChI is InChI=1S/C30H26N2O8/c1-3-7-21-14-20(16-25(38-2)27(21)40-18-26(33)34)15-24-28(35)31-30(37)32(29(24)36)22-10-12-23(13-11-22)39-17-19-8-5-4-6-9-19/h3-6,8-16H,1,7,17-18H2,2H3,(H,33,34)(H,31,35,37)/b24-15+. The van der Waals surface area contributed by atoms with Crippen molar-refractivity contribution in [3.8, 4) is 17.2 Å². The summed E-state index contributed by atoms with van der Waals surface area (Å²) in [6.07, 6.45) is 3.21. The molecule has 0 saturated carbocycles. The van der Waals surface area contributed by atoms with E-state index in [9.17, 15) is 19.2 Å². The van der Waals surface area contributed by atoms with Crippen molar-refractivity contribution in [2.24, 2.45) is 0 Å². The number of carbonyl (C=O) groups is 4. The van der Waals surface area contributed by atoms with Gasteiger partial charge in [0.15, 0.2) is 18.1 Å². The molecule has 0 radical (unpaired) electrons. The van der Waals surface area contributed by atoms with Gasteiger partial charge >= 0.3 is 12.0 Å². The number of aliphatic carboxylic acids is 1. The van der Waals surface area contributed by atoms with E-state index in [1.165, 1.54) is 19.3 Å². The molecule has 1 saturated heterocycles. The molecule has 1 heterocycles. The number of rotatable bonds is 11. The highest BCUT2D eigenvalue weighted by Gasteiger charge is 2.37. The number of allylic oxidation sites excluding steroid dienone is 1. The van der Waals surface area contributed by atoms with E-state index < -0.39 is 30.4 Å². The Morgan fingerprint density at radius 3 is 2.40 bits per heavy atom. The predicted octanol–water partition coefficient (Wildman–Crippen LogP) is 4.13. The average Bonchev–Trinajstić information content (AvgIpc) is 2.94. The Hall–Kier alpha value is -5.38. The van der Waals surface area contributed by atoms with Crippen LogP contribution in [0.2, 0.25) is 0 Å². The maximum atomic E-state index is 13.4. The van der Waals surface area contributed by atoms with Crippen molar-refractivity contribution in [1.82, 2.24) is 5.32 Å². The van der Waals surface area contributed by atoms with Crippen molar-refractivity contribution in [2.45, 2.75) is 13.0 Å². The van der Waals surface area contributed by atoms with Crippen molar-refractivity contribution in [2.75, 3.05) is 18.6 Å². The quantitative estimate of drug-likeness (QED) is 0.210. The zero-order valence-corrected chi connectivity index (χ0v) is 21.6. The number of barbiturate groups is 1. The van der Waals surface area contributed by atoms with Crippen molar-refractivity contribution in [3.05, 3.63) is 102 Å². The minimum absolute atomic E-state index is 0.204. The minimum atomic E-state index is -1.16. The number of carbonyl (C=O) groups excluding carboxylic acids is 3. The van der Waals surface area contributed by atoms with Gasteiger partial charge in [-0.05, 0) is 60.0 Å². The molecular weight excluding hydrogens is 516 g/mol. The van der Waals surface area contributed by atoms with Crippen LogP contribution in [0.4, 0.5) is 10.5 Å². The van der Waals surface area contributed by atoms with E-state index in [2.05, 4.69) is 11.9 Å². The SMILES string of the molecule is C=CCc1cc(/C=C2\C(=O)NC(=O)N(c3ccc(OCc4ccccc4)cc3)C2=O)cc(OC)c1OCC(=O)O. The summed E-state index contributed by atoms with van der Waals surface area (Å²) in [4.78, 5) is 50.6. The first kappa shape index (κ1) is 27.6. The normalized spacial score (nSPS) is 14.1. The maximum absolute atomic E-state index is 13.4. The molecule has 0 spiro atoms. The number of urea groups is 1. The molecule has 0 atom stereocenters. The lowest BCUT2D eigenvalue weighted by atomic mass is 10.0. The Morgan fingerprint density at radius 2 is 1.75 bits per heavy atom. The summed E-state index contributed by atoms with van der Waals surface area (Å²) in [5.74, 6) is -1.89. The lowest BCUT2D eigenvalue weighted by Gasteiger charge is -2.26. The summed E-state index contributed by atoms with van der Waals surface area (Å²) in [5.41, 5.74) is 1.88. The molecule has 1 aliphatic heterocycles. The zero-order valence-electron chi connectivity index (χ0n) is 21.6. The number of amides is 4. The third-order valence-corrected chi connectivity index (χ3v) is 5.83. The first-order valence-electron chi connectivity index (χ1n) is 12.2. The number of carboxylic acid groups (broad SMARTS) is 1. The van der Waals surface area contributed by atoms with Gasteiger partial charge in [0.25, 0.3) is 11.8 Å². The number of ether oxygens (including phenoxy) is 3. The number of imide groups is 2. The van der Waals surface area contributed by atoms with Gasteiger partial charge in [0.1, 0.15) is 17.9 Å². The third kappa shape index (κ3) is 6.36. The summed E-state index contributed by atoms with van der Waals surface area (Å²) < 4.78 is 16.5. The van der Waals surface area contributed by atoms with Crippen LogP contribution in [0.15, 0.2) is 85.0 Å². The maximum Gasteiger partial charge on any atom is 0.341 e. The summed E-state index contributed by atoms with van der Waals surface area (Å²) in [5, 5.41) is 11.2. The molecule has 10 heteroatoms. The lowest BCUT2D eigenvalue weighted by Crippen LogP contribution is -2.54. The Kier molecular flexibility index (Phi) is 8.60. The highest BCUT2D eigenvalue weighted by atomic mass is 16.5. The molecule has 10 nitrogen and oxygen atoms in total. The summed E-state index contributed by atoms with van der Waals surface area (Å²) in [6.45, 7) is 3.46. The second-order valence-corrected chi connectivity index (χ2v) is 8.61. The first-order valence-corrected chi connectivity index (χ1v) is 12.2. The van der Waals surface area contributed by atoms with E-state index in [0.717, 1.165) is 10.5 Å². The van der Waals surface area contributed by atoms with Crippen LogP contribution in [0.25, 0.3) is 6.08 Å². The smallest absolute Gasteiger partial charge is 0.341 e. The van der Waals surface area contributed by atoms with E-state index in [4.69, 9.17) is 19.3 Å². The van der Waals surface area contributed by atoms with Crippen molar-refractivity contribution in [1.29, 1.82) is 0 Å². The zero-order chi connectivity index (χ0) is 28.6. The van der Waals surface area contributed by atoms with Crippen LogP contribution in [-0.2, 0) is 27.4 Å². The molecule has 1 aliphatic rings. The molecule has 40 heavy (non-hydrogen) atoms. The minimum Gasteiger partial charge on any atom is -0.493 e. The number of hydrogen-bond donors (Lipinski definition) is 2. The fourth-order valence-electron chi connectivity index (χ4n) is 4.01. The van der Waals surface area contributed by atoms with Gasteiger partial charge in [-0.2, -0.15) is 0 Å². The Labute approximate surface area is 230 Å². The van der Waals surface area contributed by atoms with Crippen LogP contribution in [-0.4, -0.2) is 42.6 Å². The van der Waals surface area contributed by atoms with Crippen LogP contribution in [0.5, 0.6) is 17.2 Å². The van der Waals surface area contributed by atoms with E-state index in [1.807, 2.05) is 30.3 Å². The predicted molar refractivity (Wildman–Crippen MR) is 146 cm³/mol. The second kappa shape index (κ2) is 12.4. The Bertz CT molecular complexity index is 1480. The molecule has 204 valence electrons. The average molecular weight is 543 g/mol. The van der Waals surface area contributed by atoms with Crippen molar-refractivity contribution in [3.63, 3.8) is 0 Å². The largest absolute Gasteiger partial charge is 0.493 e. The van der Waals surface area contributed by atoms with Gasteiger partial charge in [0.05, 0.1) is 12.8 Å². The van der Waals surface area contributed by atoms with Crippen LogP contribution in [0.3, 0.4) is 0 Å². The fourth-order valence-corrected chi connectivity index (χ4v) is 4.01. The Balaban J connectivity index is 1.60. The van der Waals surface area contributed by atoms with Gasteiger partial charge < -0.3 is 19.3 Å². The second-order valence-electron chi connectivity index (χ2n) is 8.61. The van der Waals surface area contributed by atoms with Crippen molar-refractivity contribution >= 4 is 35.6 Å². The first-order chi connectivity index (χ1) is 19.3. The molecule has 3 aromatic rings. The van der Waals surface area contributed by atoms with Gasteiger partial charge in [-0.25, -0.2) is 14.5 Å².